The van der Waals surface area contributed by atoms with Crippen LogP contribution in [0.5, 0.6) is 0 Å². The summed E-state index contributed by atoms with van der Waals surface area (Å²) in [5.74, 6) is 0.878. The largest absolute Gasteiger partial charge is 0.341 e. The van der Waals surface area contributed by atoms with Gasteiger partial charge >= 0.3 is 6.03 Å². The summed E-state index contributed by atoms with van der Waals surface area (Å²) in [7, 11) is 2.07. The van der Waals surface area contributed by atoms with Crippen molar-refractivity contribution in [3.05, 3.63) is 58.9 Å². The summed E-state index contributed by atoms with van der Waals surface area (Å²) >= 11 is 6.08. The number of nitrogens with zero attached hydrogens (tertiary/aromatic N) is 3. The molecule has 1 aromatic heterocycles. The maximum absolute atomic E-state index is 12.4. The van der Waals surface area contributed by atoms with E-state index in [9.17, 15) is 4.79 Å². The van der Waals surface area contributed by atoms with E-state index in [-0.39, 0.29) is 30.5 Å². The van der Waals surface area contributed by atoms with Crippen LogP contribution in [0.1, 0.15) is 30.3 Å². The highest BCUT2D eigenvalue weighted by atomic mass is 35.5. The molecular weight excluding hydrogens is 423 g/mol. The van der Waals surface area contributed by atoms with E-state index in [0.717, 1.165) is 36.2 Å². The minimum absolute atomic E-state index is 0. The highest BCUT2D eigenvalue weighted by Gasteiger charge is 2.30. The number of hydrogen-bond donors (Lipinski definition) is 3. The van der Waals surface area contributed by atoms with Gasteiger partial charge in [-0.05, 0) is 62.4 Å². The Hall–Kier alpha value is -2.79. The van der Waals surface area contributed by atoms with Gasteiger partial charge in [0, 0.05) is 23.3 Å². The quantitative estimate of drug-likeness (QED) is 0.554. The summed E-state index contributed by atoms with van der Waals surface area (Å²) in [6.07, 6.45) is 1.62. The van der Waals surface area contributed by atoms with Gasteiger partial charge in [0.2, 0.25) is 0 Å². The number of benzene rings is 2. The van der Waals surface area contributed by atoms with Crippen LogP contribution in [0.3, 0.4) is 0 Å². The minimum Gasteiger partial charge on any atom is -0.341 e. The number of fused-ring (bicyclic) bond motifs is 1. The second-order valence-corrected chi connectivity index (χ2v) is 7.73. The van der Waals surface area contributed by atoms with E-state index >= 15 is 0 Å². The molecule has 4 rings (SSSR count). The van der Waals surface area contributed by atoms with Gasteiger partial charge in [-0.3, -0.25) is 4.90 Å². The van der Waals surface area contributed by atoms with Crippen molar-refractivity contribution in [3.8, 4) is 6.07 Å². The fourth-order valence-corrected chi connectivity index (χ4v) is 3.85. The molecule has 0 spiro atoms. The molecule has 2 aromatic carbocycles. The molecule has 7 nitrogen and oxygen atoms in total. The molecule has 0 radical (unpaired) electrons. The van der Waals surface area contributed by atoms with Crippen molar-refractivity contribution in [2.45, 2.75) is 24.9 Å². The molecule has 2 heterocycles. The van der Waals surface area contributed by atoms with Crippen molar-refractivity contribution in [3.63, 3.8) is 0 Å². The van der Waals surface area contributed by atoms with E-state index in [4.69, 9.17) is 21.8 Å². The zero-order valence-electron chi connectivity index (χ0n) is 16.4. The van der Waals surface area contributed by atoms with Crippen molar-refractivity contribution in [2.75, 3.05) is 18.9 Å². The van der Waals surface area contributed by atoms with Gasteiger partial charge in [-0.2, -0.15) is 5.26 Å². The summed E-state index contributed by atoms with van der Waals surface area (Å²) < 4.78 is 0. The molecule has 1 fully saturated rings. The Morgan fingerprint density at radius 2 is 2.07 bits per heavy atom. The Labute approximate surface area is 185 Å². The molecule has 1 saturated heterocycles. The molecule has 1 aliphatic heterocycles. The van der Waals surface area contributed by atoms with Gasteiger partial charge in [0.25, 0.3) is 0 Å². The van der Waals surface area contributed by atoms with Crippen LogP contribution in [0.2, 0.25) is 5.02 Å². The normalized spacial score (nSPS) is 19.0. The van der Waals surface area contributed by atoms with Gasteiger partial charge in [0.15, 0.2) is 0 Å². The molecule has 30 heavy (non-hydrogen) atoms. The van der Waals surface area contributed by atoms with Crippen molar-refractivity contribution in [2.24, 2.45) is 0 Å². The summed E-state index contributed by atoms with van der Waals surface area (Å²) in [6, 6.07) is 14.3. The molecule has 0 saturated carbocycles. The zero-order chi connectivity index (χ0) is 20.4. The third-order valence-corrected chi connectivity index (χ3v) is 5.49. The molecule has 3 aromatic rings. The molecule has 1 aliphatic rings. The molecule has 3 N–H and O–H groups in total. The zero-order valence-corrected chi connectivity index (χ0v) is 17.9. The number of carbonyl (C=O) groups excluding carboxylic acids is 1. The van der Waals surface area contributed by atoms with Crippen LogP contribution in [0, 0.1) is 11.3 Å². The number of rotatable bonds is 3. The summed E-state index contributed by atoms with van der Waals surface area (Å²) in [4.78, 5) is 22.7. The van der Waals surface area contributed by atoms with E-state index in [1.807, 2.05) is 18.2 Å². The number of H-pyrrole nitrogens is 1. The average molecular weight is 445 g/mol. The van der Waals surface area contributed by atoms with Crippen molar-refractivity contribution < 1.29 is 4.79 Å². The van der Waals surface area contributed by atoms with Crippen LogP contribution in [-0.4, -0.2) is 40.5 Å². The third-order valence-electron chi connectivity index (χ3n) is 5.26. The number of likely N-dealkylation sites (tertiary alicyclic amines) is 1. The lowest BCUT2D eigenvalue weighted by atomic mass is 9.97. The number of carbonyl (C=O) groups is 1. The van der Waals surface area contributed by atoms with E-state index < -0.39 is 0 Å². The van der Waals surface area contributed by atoms with Crippen molar-refractivity contribution >= 4 is 46.8 Å². The predicted molar refractivity (Wildman–Crippen MR) is 120 cm³/mol. The van der Waals surface area contributed by atoms with Gasteiger partial charge in [-0.1, -0.05) is 11.6 Å². The Morgan fingerprint density at radius 3 is 2.80 bits per heavy atom. The number of hydrogen-bond acceptors (Lipinski definition) is 4. The molecule has 9 heteroatoms. The third kappa shape index (κ3) is 4.85. The molecular formula is C21H22Cl2N6O. The number of nitrogens with one attached hydrogen (secondary N) is 3. The van der Waals surface area contributed by atoms with Crippen LogP contribution in [0.25, 0.3) is 11.0 Å². The van der Waals surface area contributed by atoms with Crippen LogP contribution in [0.4, 0.5) is 10.5 Å². The van der Waals surface area contributed by atoms with Gasteiger partial charge in [0.1, 0.15) is 5.82 Å². The predicted octanol–water partition coefficient (Wildman–Crippen LogP) is 4.47. The van der Waals surface area contributed by atoms with Crippen molar-refractivity contribution in [1.29, 1.82) is 5.26 Å². The van der Waals surface area contributed by atoms with Crippen LogP contribution < -0.4 is 10.6 Å². The number of piperidine rings is 1. The molecule has 0 bridgehead atoms. The SMILES string of the molecule is CN1CC[C@@H](NC(=O)Nc2ccc(C#N)cc2)C[C@@H]1c1nc2ccc(Cl)cc2[nH]1.Cl. The molecule has 0 aliphatic carbocycles. The number of halogens is 2. The minimum atomic E-state index is -0.251. The van der Waals surface area contributed by atoms with E-state index in [1.54, 1.807) is 24.3 Å². The average Bonchev–Trinajstić information content (AvgIpc) is 3.13. The lowest BCUT2D eigenvalue weighted by Gasteiger charge is -2.36. The topological polar surface area (TPSA) is 96.8 Å². The Balaban J connectivity index is 0.00000256. The Bertz CT molecular complexity index is 1080. The van der Waals surface area contributed by atoms with Gasteiger partial charge in [0.05, 0.1) is 28.7 Å². The monoisotopic (exact) mass is 444 g/mol. The van der Waals surface area contributed by atoms with Crippen LogP contribution in [0.15, 0.2) is 42.5 Å². The Morgan fingerprint density at radius 1 is 1.30 bits per heavy atom. The first kappa shape index (κ1) is 21.9. The summed E-state index contributed by atoms with van der Waals surface area (Å²) in [5.41, 5.74) is 3.00. The van der Waals surface area contributed by atoms with Crippen LogP contribution in [-0.2, 0) is 0 Å². The van der Waals surface area contributed by atoms with Gasteiger partial charge in [-0.25, -0.2) is 9.78 Å². The second kappa shape index (κ2) is 9.35. The first-order valence-electron chi connectivity index (χ1n) is 9.45. The number of amides is 2. The number of nitriles is 1. The Kier molecular flexibility index (Phi) is 6.83. The highest BCUT2D eigenvalue weighted by Crippen LogP contribution is 2.30. The first-order valence-corrected chi connectivity index (χ1v) is 9.83. The molecule has 2 atom stereocenters. The maximum atomic E-state index is 12.4. The summed E-state index contributed by atoms with van der Waals surface area (Å²) in [6.45, 7) is 0.851. The van der Waals surface area contributed by atoms with Crippen molar-refractivity contribution in [1.82, 2.24) is 20.2 Å². The van der Waals surface area contributed by atoms with Gasteiger partial charge in [-0.15, -0.1) is 12.4 Å². The highest BCUT2D eigenvalue weighted by molar-refractivity contribution is 6.31. The van der Waals surface area contributed by atoms with Crippen LogP contribution >= 0.6 is 24.0 Å². The molecule has 0 unspecified atom stereocenters. The second-order valence-electron chi connectivity index (χ2n) is 7.29. The summed E-state index contributed by atoms with van der Waals surface area (Å²) in [5, 5.41) is 15.4. The smallest absolute Gasteiger partial charge is 0.319 e. The van der Waals surface area contributed by atoms with Gasteiger partial charge < -0.3 is 15.6 Å². The fourth-order valence-electron chi connectivity index (χ4n) is 3.67. The molecule has 2 amide bonds. The number of imidazole rings is 1. The molecule has 156 valence electrons. The van der Waals surface area contributed by atoms with E-state index in [0.29, 0.717) is 16.3 Å². The number of urea groups is 1. The fraction of sp³-hybridized carbons (Fsp3) is 0.286. The maximum Gasteiger partial charge on any atom is 0.319 e. The number of aromatic nitrogens is 2. The van der Waals surface area contributed by atoms with E-state index in [2.05, 4.69) is 33.6 Å². The lowest BCUT2D eigenvalue weighted by Crippen LogP contribution is -2.46. The lowest BCUT2D eigenvalue weighted by molar-refractivity contribution is 0.153. The van der Waals surface area contributed by atoms with E-state index in [1.165, 1.54) is 0 Å². The standard InChI is InChI=1S/C21H21ClN6O.ClH/c1-28-9-8-16(25-21(29)24-15-5-2-13(12-23)3-6-15)11-19(28)20-26-17-7-4-14(22)10-18(17)27-20;/h2-7,10,16,19H,8-9,11H2,1H3,(H,26,27)(H2,24,25,29);1H/t16-,19-;/m1./s1. The number of anilines is 1. The first-order chi connectivity index (χ1) is 14.0. The number of aromatic amines is 1.